The second-order valence-corrected chi connectivity index (χ2v) is 5.68. The summed E-state index contributed by atoms with van der Waals surface area (Å²) in [4.78, 5) is 2.34. The summed E-state index contributed by atoms with van der Waals surface area (Å²) in [5.41, 5.74) is 1.20. The number of furan rings is 1. The van der Waals surface area contributed by atoms with Gasteiger partial charge < -0.3 is 14.5 Å². The molecular formula is C16H21NO2S. The fourth-order valence-electron chi connectivity index (χ4n) is 2.22. The fraction of sp³-hybridized carbons (Fsp3) is 0.375. The molecule has 1 heterocycles. The third-order valence-corrected chi connectivity index (χ3v) is 4.44. The van der Waals surface area contributed by atoms with E-state index in [9.17, 15) is 0 Å². The van der Waals surface area contributed by atoms with Gasteiger partial charge in [0.1, 0.15) is 11.5 Å². The summed E-state index contributed by atoms with van der Waals surface area (Å²) in [5, 5.41) is 3.45. The zero-order valence-electron chi connectivity index (χ0n) is 12.4. The van der Waals surface area contributed by atoms with E-state index < -0.39 is 0 Å². The van der Waals surface area contributed by atoms with Gasteiger partial charge in [-0.2, -0.15) is 0 Å². The van der Waals surface area contributed by atoms with Crippen LogP contribution in [0, 0.1) is 6.92 Å². The van der Waals surface area contributed by atoms with Crippen molar-refractivity contribution in [2.24, 2.45) is 0 Å². The Morgan fingerprint density at radius 2 is 2.10 bits per heavy atom. The maximum atomic E-state index is 5.53. The van der Waals surface area contributed by atoms with Crippen molar-refractivity contribution in [3.8, 4) is 5.75 Å². The van der Waals surface area contributed by atoms with Crippen molar-refractivity contribution in [2.45, 2.75) is 36.6 Å². The van der Waals surface area contributed by atoms with E-state index in [0.29, 0.717) is 0 Å². The van der Waals surface area contributed by atoms with E-state index in [-0.39, 0.29) is 6.04 Å². The molecule has 0 bridgehead atoms. The first-order valence-corrected chi connectivity index (χ1v) is 7.61. The Labute approximate surface area is 124 Å². The van der Waals surface area contributed by atoms with Crippen LogP contribution in [-0.4, -0.2) is 13.7 Å². The van der Waals surface area contributed by atoms with Crippen molar-refractivity contribution in [2.75, 3.05) is 13.7 Å². The number of benzene rings is 1. The minimum Gasteiger partial charge on any atom is -0.496 e. The molecule has 1 aromatic heterocycles. The van der Waals surface area contributed by atoms with Gasteiger partial charge in [0, 0.05) is 16.5 Å². The van der Waals surface area contributed by atoms with E-state index in [1.54, 1.807) is 25.1 Å². The summed E-state index contributed by atoms with van der Waals surface area (Å²) in [5.74, 6) is 1.87. The Bertz CT molecular complexity index is 565. The molecule has 4 heteroatoms. The molecule has 0 fully saturated rings. The van der Waals surface area contributed by atoms with E-state index in [0.717, 1.165) is 22.9 Å². The third-order valence-electron chi connectivity index (χ3n) is 3.22. The number of ether oxygens (including phenoxy) is 1. The highest BCUT2D eigenvalue weighted by Gasteiger charge is 2.17. The molecule has 1 atom stereocenters. The van der Waals surface area contributed by atoms with Crippen LogP contribution < -0.4 is 10.1 Å². The maximum absolute atomic E-state index is 5.53. The van der Waals surface area contributed by atoms with E-state index in [4.69, 9.17) is 9.15 Å². The van der Waals surface area contributed by atoms with Gasteiger partial charge in [0.05, 0.1) is 18.3 Å². The molecule has 0 radical (unpaired) electrons. The molecule has 0 saturated heterocycles. The average Bonchev–Trinajstić information content (AvgIpc) is 2.84. The zero-order chi connectivity index (χ0) is 14.5. The van der Waals surface area contributed by atoms with Crippen molar-refractivity contribution in [1.29, 1.82) is 0 Å². The molecule has 1 unspecified atom stereocenters. The highest BCUT2D eigenvalue weighted by Crippen LogP contribution is 2.39. The van der Waals surface area contributed by atoms with Crippen LogP contribution in [0.1, 0.15) is 31.2 Å². The molecule has 2 rings (SSSR count). The van der Waals surface area contributed by atoms with Gasteiger partial charge in [-0.05, 0) is 38.6 Å². The third kappa shape index (κ3) is 3.19. The summed E-state index contributed by atoms with van der Waals surface area (Å²) in [6.45, 7) is 7.18. The van der Waals surface area contributed by atoms with Gasteiger partial charge in [-0.25, -0.2) is 0 Å². The van der Waals surface area contributed by atoms with Crippen molar-refractivity contribution in [3.63, 3.8) is 0 Å². The van der Waals surface area contributed by atoms with Crippen molar-refractivity contribution < 1.29 is 9.15 Å². The molecule has 0 amide bonds. The molecular weight excluding hydrogens is 270 g/mol. The second kappa shape index (κ2) is 6.86. The zero-order valence-corrected chi connectivity index (χ0v) is 13.2. The summed E-state index contributed by atoms with van der Waals surface area (Å²) in [6, 6.07) is 8.41. The second-order valence-electron chi connectivity index (χ2n) is 4.59. The van der Waals surface area contributed by atoms with Gasteiger partial charge in [0.2, 0.25) is 0 Å². The molecule has 0 aliphatic rings. The predicted molar refractivity (Wildman–Crippen MR) is 82.7 cm³/mol. The monoisotopic (exact) mass is 291 g/mol. The van der Waals surface area contributed by atoms with Crippen LogP contribution in [-0.2, 0) is 0 Å². The normalized spacial score (nSPS) is 12.4. The lowest BCUT2D eigenvalue weighted by atomic mass is 10.1. The Morgan fingerprint density at radius 3 is 2.70 bits per heavy atom. The van der Waals surface area contributed by atoms with Crippen molar-refractivity contribution in [1.82, 2.24) is 5.32 Å². The van der Waals surface area contributed by atoms with Crippen LogP contribution in [0.5, 0.6) is 5.75 Å². The first-order chi connectivity index (χ1) is 9.67. The molecule has 108 valence electrons. The number of methoxy groups -OCH3 is 1. The van der Waals surface area contributed by atoms with Crippen LogP contribution in [0.2, 0.25) is 0 Å². The summed E-state index contributed by atoms with van der Waals surface area (Å²) >= 11 is 1.72. The van der Waals surface area contributed by atoms with E-state index in [1.165, 1.54) is 10.5 Å². The first kappa shape index (κ1) is 15.0. The molecule has 0 spiro atoms. The van der Waals surface area contributed by atoms with Gasteiger partial charge in [0.25, 0.3) is 0 Å². The van der Waals surface area contributed by atoms with Crippen molar-refractivity contribution in [3.05, 3.63) is 41.9 Å². The number of rotatable bonds is 6. The van der Waals surface area contributed by atoms with E-state index >= 15 is 0 Å². The Balaban J connectivity index is 2.39. The first-order valence-electron chi connectivity index (χ1n) is 6.79. The number of aryl methyl sites for hydroxylation is 1. The minimum atomic E-state index is 0.242. The predicted octanol–water partition coefficient (Wildman–Crippen LogP) is 4.42. The molecule has 2 aromatic rings. The molecule has 0 aliphatic heterocycles. The Kier molecular flexibility index (Phi) is 5.15. The standard InChI is InChI=1S/C16H21NO2S/c1-5-17-11(2)16-13(18-4)7-6-8-15(16)20-14-9-10-19-12(14)3/h6-11,17H,5H2,1-4H3. The lowest BCUT2D eigenvalue weighted by Gasteiger charge is -2.20. The molecule has 0 saturated carbocycles. The number of hydrogen-bond acceptors (Lipinski definition) is 4. The number of nitrogens with one attached hydrogen (secondary N) is 1. The Hall–Kier alpha value is -1.39. The van der Waals surface area contributed by atoms with Gasteiger partial charge in [0.15, 0.2) is 0 Å². The fourth-order valence-corrected chi connectivity index (χ4v) is 3.31. The maximum Gasteiger partial charge on any atom is 0.124 e. The SMILES string of the molecule is CCNC(C)c1c(OC)cccc1Sc1ccoc1C. The Morgan fingerprint density at radius 1 is 1.30 bits per heavy atom. The summed E-state index contributed by atoms with van der Waals surface area (Å²) in [7, 11) is 1.72. The van der Waals surface area contributed by atoms with Crippen LogP contribution in [0.4, 0.5) is 0 Å². The molecule has 3 nitrogen and oxygen atoms in total. The van der Waals surface area contributed by atoms with Crippen LogP contribution in [0.3, 0.4) is 0 Å². The van der Waals surface area contributed by atoms with Gasteiger partial charge in [-0.1, -0.05) is 24.8 Å². The van der Waals surface area contributed by atoms with Gasteiger partial charge in [-0.3, -0.25) is 0 Å². The minimum absolute atomic E-state index is 0.242. The highest BCUT2D eigenvalue weighted by atomic mass is 32.2. The lowest BCUT2D eigenvalue weighted by molar-refractivity contribution is 0.400. The molecule has 1 aromatic carbocycles. The number of hydrogen-bond donors (Lipinski definition) is 1. The van der Waals surface area contributed by atoms with Crippen LogP contribution in [0.25, 0.3) is 0 Å². The van der Waals surface area contributed by atoms with Crippen LogP contribution in [0.15, 0.2) is 44.7 Å². The van der Waals surface area contributed by atoms with Gasteiger partial charge in [-0.15, -0.1) is 0 Å². The van der Waals surface area contributed by atoms with E-state index in [1.807, 2.05) is 25.1 Å². The van der Waals surface area contributed by atoms with E-state index in [2.05, 4.69) is 25.2 Å². The quantitative estimate of drug-likeness (QED) is 0.854. The van der Waals surface area contributed by atoms with Gasteiger partial charge >= 0.3 is 0 Å². The topological polar surface area (TPSA) is 34.4 Å². The highest BCUT2D eigenvalue weighted by molar-refractivity contribution is 7.99. The molecule has 20 heavy (non-hydrogen) atoms. The smallest absolute Gasteiger partial charge is 0.124 e. The summed E-state index contributed by atoms with van der Waals surface area (Å²) < 4.78 is 10.9. The lowest BCUT2D eigenvalue weighted by Crippen LogP contribution is -2.19. The molecule has 1 N–H and O–H groups in total. The van der Waals surface area contributed by atoms with Crippen LogP contribution >= 0.6 is 11.8 Å². The molecule has 0 aliphatic carbocycles. The average molecular weight is 291 g/mol. The largest absolute Gasteiger partial charge is 0.496 e. The summed E-state index contributed by atoms with van der Waals surface area (Å²) in [6.07, 6.45) is 1.73. The van der Waals surface area contributed by atoms with Crippen molar-refractivity contribution >= 4 is 11.8 Å².